The van der Waals surface area contributed by atoms with Gasteiger partial charge in [0.2, 0.25) is 17.7 Å². The number of hydrogen-bond acceptors (Lipinski definition) is 5. The summed E-state index contributed by atoms with van der Waals surface area (Å²) in [5, 5.41) is 6.40. The quantitative estimate of drug-likeness (QED) is 0.578. The summed E-state index contributed by atoms with van der Waals surface area (Å²) in [5.74, 6) is 0.766. The second-order valence-corrected chi connectivity index (χ2v) is 12.0. The van der Waals surface area contributed by atoms with Crippen LogP contribution in [0.5, 0.6) is 0 Å². The van der Waals surface area contributed by atoms with E-state index in [4.69, 9.17) is 4.74 Å². The van der Waals surface area contributed by atoms with Crippen molar-refractivity contribution in [2.45, 2.75) is 77.3 Å². The van der Waals surface area contributed by atoms with Crippen molar-refractivity contribution < 1.29 is 19.1 Å². The van der Waals surface area contributed by atoms with Gasteiger partial charge in [0.1, 0.15) is 6.04 Å². The summed E-state index contributed by atoms with van der Waals surface area (Å²) < 4.78 is 5.71. The van der Waals surface area contributed by atoms with Crippen LogP contribution in [-0.4, -0.2) is 86.0 Å². The molecule has 4 rings (SSSR count). The van der Waals surface area contributed by atoms with Gasteiger partial charge in [-0.1, -0.05) is 26.0 Å². The number of likely N-dealkylation sites (tertiary alicyclic amines) is 2. The highest BCUT2D eigenvalue weighted by Gasteiger charge is 2.44. The Morgan fingerprint density at radius 1 is 1.08 bits per heavy atom. The molecule has 0 aliphatic carbocycles. The van der Waals surface area contributed by atoms with Gasteiger partial charge in [-0.3, -0.25) is 14.4 Å². The van der Waals surface area contributed by atoms with Crippen LogP contribution in [0.2, 0.25) is 0 Å². The molecule has 3 fully saturated rings. The molecule has 36 heavy (non-hydrogen) atoms. The highest BCUT2D eigenvalue weighted by molar-refractivity contribution is 5.90. The number of nitrogens with one attached hydrogen (secondary N) is 2. The summed E-state index contributed by atoms with van der Waals surface area (Å²) >= 11 is 0. The molecule has 8 heteroatoms. The number of ether oxygens (including phenoxy) is 1. The molecule has 0 radical (unpaired) electrons. The predicted molar refractivity (Wildman–Crippen MR) is 139 cm³/mol. The fraction of sp³-hybridized carbons (Fsp3) is 0.821. The summed E-state index contributed by atoms with van der Waals surface area (Å²) in [4.78, 5) is 44.6. The molecular formula is C28H46N4O4. The number of allylic oxidation sites excluding steroid dienone is 2. The summed E-state index contributed by atoms with van der Waals surface area (Å²) in [7, 11) is 2.11. The molecule has 2 N–H and O–H groups in total. The van der Waals surface area contributed by atoms with Crippen LogP contribution in [0.15, 0.2) is 12.2 Å². The Morgan fingerprint density at radius 2 is 1.81 bits per heavy atom. The van der Waals surface area contributed by atoms with E-state index in [0.29, 0.717) is 52.0 Å². The van der Waals surface area contributed by atoms with E-state index in [-0.39, 0.29) is 41.5 Å². The smallest absolute Gasteiger partial charge is 0.242 e. The first-order valence-corrected chi connectivity index (χ1v) is 14.1. The SMILES string of the molecule is CC(C)C[C@@H]1NC(=O)C2(C/C=C/C[C@H]3COCC[C@H]3NC1=O)CCN(C(=O)C1CCN(C)CC1)CC2. The molecule has 0 bridgehead atoms. The van der Waals surface area contributed by atoms with Crippen molar-refractivity contribution in [2.75, 3.05) is 46.4 Å². The highest BCUT2D eigenvalue weighted by atomic mass is 16.5. The Bertz CT molecular complexity index is 812. The molecule has 0 aromatic heterocycles. The largest absolute Gasteiger partial charge is 0.381 e. The molecule has 4 aliphatic rings. The number of nitrogens with zero attached hydrogens (tertiary/aromatic N) is 2. The van der Waals surface area contributed by atoms with Crippen LogP contribution in [0.4, 0.5) is 0 Å². The van der Waals surface area contributed by atoms with E-state index >= 15 is 0 Å². The monoisotopic (exact) mass is 502 g/mol. The topological polar surface area (TPSA) is 91.0 Å². The van der Waals surface area contributed by atoms with Crippen LogP contribution in [0.3, 0.4) is 0 Å². The average molecular weight is 503 g/mol. The average Bonchev–Trinajstić information content (AvgIpc) is 2.86. The molecule has 3 atom stereocenters. The molecule has 202 valence electrons. The molecule has 3 amide bonds. The van der Waals surface area contributed by atoms with Gasteiger partial charge in [0, 0.05) is 37.6 Å². The standard InChI is InChI=1S/C28H46N4O4/c1-20(2)18-24-25(33)29-23-9-17-36-19-22(23)6-4-5-10-28(27(35)30-24)11-15-32(16-12-28)26(34)21-7-13-31(3)14-8-21/h4-5,20-24H,6-19H2,1-3H3,(H,29,33)(H,30,35)/b5-4+/t22-,23+,24-/m0/s1. The first-order chi connectivity index (χ1) is 17.3. The molecule has 8 nitrogen and oxygen atoms in total. The Morgan fingerprint density at radius 3 is 2.50 bits per heavy atom. The van der Waals surface area contributed by atoms with E-state index in [1.165, 1.54) is 0 Å². The second kappa shape index (κ2) is 12.1. The van der Waals surface area contributed by atoms with E-state index in [2.05, 4.69) is 48.6 Å². The van der Waals surface area contributed by atoms with E-state index in [9.17, 15) is 14.4 Å². The van der Waals surface area contributed by atoms with Crippen molar-refractivity contribution in [3.05, 3.63) is 12.2 Å². The van der Waals surface area contributed by atoms with Gasteiger partial charge in [-0.25, -0.2) is 0 Å². The van der Waals surface area contributed by atoms with Crippen molar-refractivity contribution in [3.63, 3.8) is 0 Å². The second-order valence-electron chi connectivity index (χ2n) is 12.0. The van der Waals surface area contributed by atoms with E-state index in [0.717, 1.165) is 38.8 Å². The minimum Gasteiger partial charge on any atom is -0.381 e. The van der Waals surface area contributed by atoms with Crippen LogP contribution in [-0.2, 0) is 19.1 Å². The van der Waals surface area contributed by atoms with Gasteiger partial charge in [0.15, 0.2) is 0 Å². The van der Waals surface area contributed by atoms with Crippen molar-refractivity contribution in [2.24, 2.45) is 23.2 Å². The maximum atomic E-state index is 13.8. The van der Waals surface area contributed by atoms with Crippen molar-refractivity contribution in [1.29, 1.82) is 0 Å². The van der Waals surface area contributed by atoms with Gasteiger partial charge >= 0.3 is 0 Å². The Hall–Kier alpha value is -1.93. The van der Waals surface area contributed by atoms with Gasteiger partial charge in [-0.15, -0.1) is 0 Å². The number of rotatable bonds is 3. The lowest BCUT2D eigenvalue weighted by molar-refractivity contribution is -0.145. The fourth-order valence-corrected chi connectivity index (χ4v) is 6.29. The van der Waals surface area contributed by atoms with Crippen molar-refractivity contribution in [1.82, 2.24) is 20.4 Å². The molecule has 0 aromatic rings. The summed E-state index contributed by atoms with van der Waals surface area (Å²) in [6.07, 6.45) is 10.3. The summed E-state index contributed by atoms with van der Waals surface area (Å²) in [5.41, 5.74) is -0.586. The zero-order valence-electron chi connectivity index (χ0n) is 22.5. The summed E-state index contributed by atoms with van der Waals surface area (Å²) in [6.45, 7) is 8.61. The molecule has 3 saturated heterocycles. The van der Waals surface area contributed by atoms with Crippen LogP contribution in [0.1, 0.15) is 65.2 Å². The maximum Gasteiger partial charge on any atom is 0.242 e. The lowest BCUT2D eigenvalue weighted by Gasteiger charge is -2.43. The Kier molecular flexibility index (Phi) is 9.10. The minimum atomic E-state index is -0.586. The van der Waals surface area contributed by atoms with E-state index in [1.807, 2.05) is 4.90 Å². The number of hydrogen-bond donors (Lipinski definition) is 2. The maximum absolute atomic E-state index is 13.8. The first kappa shape index (κ1) is 27.1. The van der Waals surface area contributed by atoms with Gasteiger partial charge in [0.05, 0.1) is 12.0 Å². The molecule has 0 unspecified atom stereocenters. The first-order valence-electron chi connectivity index (χ1n) is 14.1. The summed E-state index contributed by atoms with van der Waals surface area (Å²) in [6, 6.07) is -0.468. The van der Waals surface area contributed by atoms with Crippen LogP contribution in [0, 0.1) is 23.2 Å². The molecular weight excluding hydrogens is 456 g/mol. The highest BCUT2D eigenvalue weighted by Crippen LogP contribution is 2.37. The lowest BCUT2D eigenvalue weighted by Crippen LogP contribution is -2.57. The number of carbonyl (C=O) groups excluding carboxylic acids is 3. The van der Waals surface area contributed by atoms with Gasteiger partial charge in [-0.05, 0) is 77.4 Å². The van der Waals surface area contributed by atoms with Crippen LogP contribution in [0.25, 0.3) is 0 Å². The Balaban J connectivity index is 1.48. The van der Waals surface area contributed by atoms with Gasteiger partial charge in [0.25, 0.3) is 0 Å². The van der Waals surface area contributed by atoms with Gasteiger partial charge < -0.3 is 25.2 Å². The zero-order valence-corrected chi connectivity index (χ0v) is 22.5. The lowest BCUT2D eigenvalue weighted by atomic mass is 9.74. The number of piperidine rings is 2. The minimum absolute atomic E-state index is 0.0385. The van der Waals surface area contributed by atoms with Crippen molar-refractivity contribution >= 4 is 17.7 Å². The fourth-order valence-electron chi connectivity index (χ4n) is 6.29. The Labute approximate surface area is 216 Å². The molecule has 0 saturated carbocycles. The van der Waals surface area contributed by atoms with Crippen LogP contribution >= 0.6 is 0 Å². The third-order valence-electron chi connectivity index (χ3n) is 8.83. The van der Waals surface area contributed by atoms with E-state index < -0.39 is 11.5 Å². The molecule has 4 aliphatic heterocycles. The van der Waals surface area contributed by atoms with Gasteiger partial charge in [-0.2, -0.15) is 0 Å². The number of fused-ring (bicyclic) bond motifs is 1. The third-order valence-corrected chi connectivity index (χ3v) is 8.83. The molecule has 4 heterocycles. The van der Waals surface area contributed by atoms with E-state index in [1.54, 1.807) is 0 Å². The predicted octanol–water partition coefficient (Wildman–Crippen LogP) is 2.34. The normalized spacial score (nSPS) is 31.7. The molecule has 1 spiro atoms. The third kappa shape index (κ3) is 6.49. The number of carbonyl (C=O) groups is 3. The molecule has 0 aromatic carbocycles. The van der Waals surface area contributed by atoms with Crippen molar-refractivity contribution in [3.8, 4) is 0 Å². The number of amides is 3. The zero-order chi connectivity index (χ0) is 25.7. The van der Waals surface area contributed by atoms with Crippen LogP contribution < -0.4 is 10.6 Å².